The van der Waals surface area contributed by atoms with Crippen LogP contribution in [0.5, 0.6) is 0 Å². The molecule has 0 aromatic heterocycles. The van der Waals surface area contributed by atoms with Crippen molar-refractivity contribution < 1.29 is 14.3 Å². The molecule has 4 heteroatoms. The molecule has 2 aliphatic rings. The average molecular weight is 279 g/mol. The third kappa shape index (κ3) is 2.90. The molecule has 0 aromatic rings. The summed E-state index contributed by atoms with van der Waals surface area (Å²) in [5.41, 5.74) is -0.460. The third-order valence-electron chi connectivity index (χ3n) is 3.91. The molecule has 0 radical (unpaired) electrons. The van der Waals surface area contributed by atoms with Crippen LogP contribution < -0.4 is 0 Å². The molecule has 1 aliphatic carbocycles. The van der Waals surface area contributed by atoms with Gasteiger partial charge >= 0.3 is 6.09 Å². The molecule has 1 saturated carbocycles. The Morgan fingerprint density at radius 3 is 2.35 bits per heavy atom. The molecular weight excluding hydrogens is 254 g/mol. The van der Waals surface area contributed by atoms with Crippen molar-refractivity contribution in [3.63, 3.8) is 0 Å². The summed E-state index contributed by atoms with van der Waals surface area (Å²) in [6.45, 7) is 15.2. The minimum Gasteiger partial charge on any atom is -0.444 e. The second-order valence-electron chi connectivity index (χ2n) is 7.06. The number of likely N-dealkylation sites (tertiary alicyclic amines) is 1. The van der Waals surface area contributed by atoms with Crippen molar-refractivity contribution in [1.29, 1.82) is 0 Å². The number of ether oxygens (including phenoxy) is 2. The fourth-order valence-electron chi connectivity index (χ4n) is 3.19. The van der Waals surface area contributed by atoms with E-state index in [2.05, 4.69) is 13.2 Å². The zero-order valence-electron chi connectivity index (χ0n) is 12.8. The molecule has 2 rings (SSSR count). The summed E-state index contributed by atoms with van der Waals surface area (Å²) in [5, 5.41) is 0. The second kappa shape index (κ2) is 4.92. The van der Waals surface area contributed by atoms with Crippen LogP contribution in [0.25, 0.3) is 0 Å². The van der Waals surface area contributed by atoms with Crippen molar-refractivity contribution in [1.82, 2.24) is 4.90 Å². The van der Waals surface area contributed by atoms with E-state index in [0.717, 1.165) is 25.9 Å². The number of carbonyl (C=O) groups is 1. The highest BCUT2D eigenvalue weighted by atomic mass is 16.6. The Hall–Kier alpha value is -1.29. The Kier molecular flexibility index (Phi) is 3.71. The molecule has 0 bridgehead atoms. The normalized spacial score (nSPS) is 22.6. The molecule has 2 fully saturated rings. The number of carbonyl (C=O) groups excluding carboxylic acids is 1. The minimum absolute atomic E-state index is 0.201. The summed E-state index contributed by atoms with van der Waals surface area (Å²) in [7, 11) is 0. The number of hydrogen-bond donors (Lipinski definition) is 0. The Bertz CT molecular complexity index is 408. The van der Waals surface area contributed by atoms with Gasteiger partial charge in [-0.05, 0) is 33.6 Å². The highest BCUT2D eigenvalue weighted by Crippen LogP contribution is 2.56. The number of rotatable bonds is 4. The second-order valence-corrected chi connectivity index (χ2v) is 7.06. The van der Waals surface area contributed by atoms with Crippen LogP contribution in [0.2, 0.25) is 0 Å². The zero-order valence-corrected chi connectivity index (χ0v) is 12.8. The van der Waals surface area contributed by atoms with E-state index in [1.54, 1.807) is 11.0 Å². The number of amides is 1. The Morgan fingerprint density at radius 2 is 1.90 bits per heavy atom. The molecule has 0 N–H and O–H groups in total. The first-order valence-electron chi connectivity index (χ1n) is 7.10. The van der Waals surface area contributed by atoms with Crippen LogP contribution in [0.3, 0.4) is 0 Å². The van der Waals surface area contributed by atoms with E-state index < -0.39 is 5.60 Å². The van der Waals surface area contributed by atoms with E-state index in [4.69, 9.17) is 9.47 Å². The van der Waals surface area contributed by atoms with Gasteiger partial charge in [0.2, 0.25) is 0 Å². The maximum absolute atomic E-state index is 11.9. The minimum atomic E-state index is -0.433. The predicted octanol–water partition coefficient (Wildman–Crippen LogP) is 3.14. The average Bonchev–Trinajstić information content (AvgIpc) is 2.23. The fraction of sp³-hybridized carbons (Fsp3) is 0.688. The number of nitrogens with zero attached hydrogens (tertiary/aromatic N) is 1. The van der Waals surface area contributed by atoms with E-state index in [0.29, 0.717) is 6.61 Å². The smallest absolute Gasteiger partial charge is 0.410 e. The predicted molar refractivity (Wildman–Crippen MR) is 78.6 cm³/mol. The van der Waals surface area contributed by atoms with E-state index in [1.165, 1.54) is 0 Å². The summed E-state index contributed by atoms with van der Waals surface area (Å²) in [6, 6.07) is 0. The Balaban J connectivity index is 1.81. The maximum Gasteiger partial charge on any atom is 0.410 e. The lowest BCUT2D eigenvalue weighted by Crippen LogP contribution is -2.69. The fourth-order valence-corrected chi connectivity index (χ4v) is 3.19. The van der Waals surface area contributed by atoms with Gasteiger partial charge in [-0.1, -0.05) is 12.2 Å². The van der Waals surface area contributed by atoms with Crippen LogP contribution in [0.1, 0.15) is 33.6 Å². The molecule has 0 atom stereocenters. The van der Waals surface area contributed by atoms with E-state index >= 15 is 0 Å². The van der Waals surface area contributed by atoms with Gasteiger partial charge < -0.3 is 14.4 Å². The highest BCUT2D eigenvalue weighted by Gasteiger charge is 2.60. The van der Waals surface area contributed by atoms with Gasteiger partial charge in [-0.3, -0.25) is 0 Å². The number of hydrogen-bond acceptors (Lipinski definition) is 3. The lowest BCUT2D eigenvalue weighted by atomic mass is 9.55. The van der Waals surface area contributed by atoms with Crippen LogP contribution in [-0.4, -0.2) is 41.9 Å². The topological polar surface area (TPSA) is 38.8 Å². The molecule has 4 nitrogen and oxygen atoms in total. The molecule has 0 unspecified atom stereocenters. The van der Waals surface area contributed by atoms with Crippen molar-refractivity contribution in [3.8, 4) is 0 Å². The van der Waals surface area contributed by atoms with Gasteiger partial charge in [0.25, 0.3) is 0 Å². The first-order chi connectivity index (χ1) is 9.23. The highest BCUT2D eigenvalue weighted by molar-refractivity contribution is 5.69. The molecule has 0 aromatic carbocycles. The van der Waals surface area contributed by atoms with Crippen molar-refractivity contribution >= 4 is 6.09 Å². The molecule has 20 heavy (non-hydrogen) atoms. The first kappa shape index (κ1) is 15.1. The molecule has 1 spiro atoms. The van der Waals surface area contributed by atoms with Crippen LogP contribution in [0.4, 0.5) is 4.79 Å². The van der Waals surface area contributed by atoms with Crippen molar-refractivity contribution in [3.05, 3.63) is 25.3 Å². The SMILES string of the molecule is C=CCOC1(C=C)CC2(CN(C(=O)OC(C)(C)C)C2)C1. The summed E-state index contributed by atoms with van der Waals surface area (Å²) in [4.78, 5) is 13.7. The molecule has 1 amide bonds. The standard InChI is InChI=1S/C16H25NO3/c1-6-8-19-16(7-2)9-15(10-16)11-17(12-15)13(18)20-14(3,4)5/h6-7H,1-2,8-12H2,3-5H3. The summed E-state index contributed by atoms with van der Waals surface area (Å²) in [6.07, 6.45) is 5.28. The maximum atomic E-state index is 11.9. The third-order valence-corrected chi connectivity index (χ3v) is 3.91. The van der Waals surface area contributed by atoms with Gasteiger partial charge in [-0.25, -0.2) is 4.79 Å². The van der Waals surface area contributed by atoms with E-state index in [-0.39, 0.29) is 17.1 Å². The van der Waals surface area contributed by atoms with Crippen LogP contribution in [-0.2, 0) is 9.47 Å². The van der Waals surface area contributed by atoms with Crippen LogP contribution >= 0.6 is 0 Å². The lowest BCUT2D eigenvalue weighted by molar-refractivity contribution is -0.181. The molecule has 1 aliphatic heterocycles. The van der Waals surface area contributed by atoms with E-state index in [1.807, 2.05) is 26.8 Å². The van der Waals surface area contributed by atoms with Gasteiger partial charge in [-0.15, -0.1) is 13.2 Å². The molecule has 1 saturated heterocycles. The Morgan fingerprint density at radius 1 is 1.30 bits per heavy atom. The first-order valence-corrected chi connectivity index (χ1v) is 7.10. The van der Waals surface area contributed by atoms with Gasteiger partial charge in [-0.2, -0.15) is 0 Å². The van der Waals surface area contributed by atoms with Crippen LogP contribution in [0, 0.1) is 5.41 Å². The monoisotopic (exact) mass is 279 g/mol. The van der Waals surface area contributed by atoms with Gasteiger partial charge in [0.15, 0.2) is 0 Å². The molecular formula is C16H25NO3. The Labute approximate surface area is 121 Å². The van der Waals surface area contributed by atoms with Crippen molar-refractivity contribution in [2.24, 2.45) is 5.41 Å². The van der Waals surface area contributed by atoms with E-state index in [9.17, 15) is 4.79 Å². The summed E-state index contributed by atoms with van der Waals surface area (Å²) >= 11 is 0. The van der Waals surface area contributed by atoms with Crippen LogP contribution in [0.15, 0.2) is 25.3 Å². The van der Waals surface area contributed by atoms with Crippen molar-refractivity contribution in [2.75, 3.05) is 19.7 Å². The van der Waals surface area contributed by atoms with Crippen molar-refractivity contribution in [2.45, 2.75) is 44.8 Å². The summed E-state index contributed by atoms with van der Waals surface area (Å²) in [5.74, 6) is 0. The van der Waals surface area contributed by atoms with Gasteiger partial charge in [0, 0.05) is 18.5 Å². The molecule has 112 valence electrons. The lowest BCUT2D eigenvalue weighted by Gasteiger charge is -2.62. The van der Waals surface area contributed by atoms with Gasteiger partial charge in [0.05, 0.1) is 12.2 Å². The summed E-state index contributed by atoms with van der Waals surface area (Å²) < 4.78 is 11.2. The zero-order chi connectivity index (χ0) is 15.0. The molecule has 1 heterocycles. The quantitative estimate of drug-likeness (QED) is 0.742. The van der Waals surface area contributed by atoms with Gasteiger partial charge in [0.1, 0.15) is 5.60 Å². The largest absolute Gasteiger partial charge is 0.444 e.